The molecule has 0 aliphatic heterocycles. The van der Waals surface area contributed by atoms with Crippen molar-refractivity contribution in [1.82, 2.24) is 4.72 Å². The number of aliphatic hydroxyl groups excluding tert-OH is 1. The normalized spacial score (nSPS) is 12.5. The van der Waals surface area contributed by atoms with Crippen molar-refractivity contribution in [1.29, 1.82) is 0 Å². The summed E-state index contributed by atoms with van der Waals surface area (Å²) in [5.74, 6) is -1.46. The van der Waals surface area contributed by atoms with Gasteiger partial charge >= 0.3 is 0 Å². The number of allylic oxidation sites excluding steroid dienone is 1. The van der Waals surface area contributed by atoms with E-state index in [0.29, 0.717) is 0 Å². The van der Waals surface area contributed by atoms with Crippen molar-refractivity contribution in [3.05, 3.63) is 40.6 Å². The SMILES string of the molecule is CNS(=O)(=O)c1cccc(NC(=O)C(N=O)=C(C)O)c1. The van der Waals surface area contributed by atoms with E-state index >= 15 is 0 Å². The molecule has 108 valence electrons. The first-order valence-electron chi connectivity index (χ1n) is 5.40. The van der Waals surface area contributed by atoms with Crippen LogP contribution in [0, 0.1) is 4.91 Å². The summed E-state index contributed by atoms with van der Waals surface area (Å²) in [4.78, 5) is 22.0. The number of carbonyl (C=O) groups is 1. The van der Waals surface area contributed by atoms with Gasteiger partial charge in [-0.25, -0.2) is 13.1 Å². The number of nitrogens with one attached hydrogen (secondary N) is 2. The first kappa shape index (κ1) is 15.8. The minimum absolute atomic E-state index is 0.0527. The van der Waals surface area contributed by atoms with Gasteiger partial charge in [-0.15, -0.1) is 4.91 Å². The van der Waals surface area contributed by atoms with Gasteiger partial charge in [0.05, 0.1) is 4.90 Å². The van der Waals surface area contributed by atoms with Crippen LogP contribution in [-0.4, -0.2) is 26.5 Å². The van der Waals surface area contributed by atoms with Gasteiger partial charge in [0.2, 0.25) is 15.7 Å². The van der Waals surface area contributed by atoms with Crippen molar-refractivity contribution >= 4 is 21.6 Å². The molecule has 8 nitrogen and oxygen atoms in total. The number of rotatable bonds is 5. The van der Waals surface area contributed by atoms with Crippen LogP contribution in [0.2, 0.25) is 0 Å². The smallest absolute Gasteiger partial charge is 0.281 e. The van der Waals surface area contributed by atoms with E-state index in [1.807, 2.05) is 0 Å². The number of anilines is 1. The van der Waals surface area contributed by atoms with E-state index in [9.17, 15) is 18.1 Å². The molecule has 0 unspecified atom stereocenters. The lowest BCUT2D eigenvalue weighted by Crippen LogP contribution is -2.19. The summed E-state index contributed by atoms with van der Waals surface area (Å²) in [6.45, 7) is 1.14. The molecule has 1 aromatic rings. The van der Waals surface area contributed by atoms with Gasteiger partial charge in [0.1, 0.15) is 5.76 Å². The van der Waals surface area contributed by atoms with Crippen molar-refractivity contribution in [2.45, 2.75) is 11.8 Å². The van der Waals surface area contributed by atoms with Gasteiger partial charge in [-0.05, 0) is 37.3 Å². The number of hydrogen-bond acceptors (Lipinski definition) is 6. The van der Waals surface area contributed by atoms with Gasteiger partial charge in [0.25, 0.3) is 5.91 Å². The number of aliphatic hydroxyl groups is 1. The quantitative estimate of drug-likeness (QED) is 0.426. The number of carbonyl (C=O) groups excluding carboxylic acids is 1. The Kier molecular flexibility index (Phi) is 4.94. The third kappa shape index (κ3) is 3.62. The standard InChI is InChI=1S/C11H13N3O5S/c1-7(15)10(14-17)11(16)13-8-4-3-5-9(6-8)20(18,19)12-2/h3-6,12,15H,1-2H3,(H,13,16). The minimum atomic E-state index is -3.65. The predicted octanol–water partition coefficient (Wildman–Crippen LogP) is 1.09. The lowest BCUT2D eigenvalue weighted by atomic mass is 10.3. The number of nitrogens with zero attached hydrogens (tertiary/aromatic N) is 1. The Morgan fingerprint density at radius 1 is 1.35 bits per heavy atom. The molecule has 0 saturated heterocycles. The van der Waals surface area contributed by atoms with Crippen molar-refractivity contribution < 1.29 is 18.3 Å². The molecule has 3 N–H and O–H groups in total. The molecule has 1 rings (SSSR count). The highest BCUT2D eigenvalue weighted by Crippen LogP contribution is 2.16. The number of amides is 1. The maximum Gasteiger partial charge on any atom is 0.281 e. The highest BCUT2D eigenvalue weighted by molar-refractivity contribution is 7.89. The number of sulfonamides is 1. The summed E-state index contributed by atoms with van der Waals surface area (Å²) in [5.41, 5.74) is -0.527. The molecule has 0 aliphatic carbocycles. The molecule has 0 heterocycles. The van der Waals surface area contributed by atoms with E-state index in [4.69, 9.17) is 5.11 Å². The van der Waals surface area contributed by atoms with E-state index in [2.05, 4.69) is 15.2 Å². The fraction of sp³-hybridized carbons (Fsp3) is 0.182. The molecule has 0 bridgehead atoms. The molecule has 0 aliphatic rings. The zero-order chi connectivity index (χ0) is 15.3. The fourth-order valence-electron chi connectivity index (χ4n) is 1.32. The number of benzene rings is 1. The van der Waals surface area contributed by atoms with Gasteiger partial charge in [-0.3, -0.25) is 4.79 Å². The maximum atomic E-state index is 11.6. The Balaban J connectivity index is 3.07. The van der Waals surface area contributed by atoms with Gasteiger partial charge in [0, 0.05) is 5.69 Å². The van der Waals surface area contributed by atoms with Crippen LogP contribution in [0.1, 0.15) is 6.92 Å². The second-order valence-electron chi connectivity index (χ2n) is 3.71. The zero-order valence-electron chi connectivity index (χ0n) is 10.7. The largest absolute Gasteiger partial charge is 0.510 e. The van der Waals surface area contributed by atoms with Crippen LogP contribution in [0.25, 0.3) is 0 Å². The molecule has 0 radical (unpaired) electrons. The molecule has 0 spiro atoms. The number of nitroso groups, excluding NO2 is 1. The van der Waals surface area contributed by atoms with Crippen LogP contribution in [0.3, 0.4) is 0 Å². The third-order valence-corrected chi connectivity index (χ3v) is 3.73. The molecule has 0 atom stereocenters. The summed E-state index contributed by atoms with van der Waals surface area (Å²) < 4.78 is 25.3. The van der Waals surface area contributed by atoms with Gasteiger partial charge in [-0.2, -0.15) is 0 Å². The average molecular weight is 299 g/mol. The monoisotopic (exact) mass is 299 g/mol. The Labute approximate surface area is 115 Å². The summed E-state index contributed by atoms with van der Waals surface area (Å²) in [5, 5.41) is 13.8. The van der Waals surface area contributed by atoms with Crippen LogP contribution in [-0.2, 0) is 14.8 Å². The highest BCUT2D eigenvalue weighted by Gasteiger charge is 2.16. The predicted molar refractivity (Wildman–Crippen MR) is 72.4 cm³/mol. The summed E-state index contributed by atoms with van der Waals surface area (Å²) in [6.07, 6.45) is 0. The van der Waals surface area contributed by atoms with E-state index in [0.717, 1.165) is 6.92 Å². The van der Waals surface area contributed by atoms with Crippen LogP contribution >= 0.6 is 0 Å². The lowest BCUT2D eigenvalue weighted by Gasteiger charge is -2.07. The van der Waals surface area contributed by atoms with E-state index in [1.54, 1.807) is 0 Å². The molecule has 9 heteroatoms. The second kappa shape index (κ2) is 6.26. The van der Waals surface area contributed by atoms with E-state index in [1.165, 1.54) is 31.3 Å². The lowest BCUT2D eigenvalue weighted by molar-refractivity contribution is -0.113. The molecule has 1 amide bonds. The van der Waals surface area contributed by atoms with Crippen LogP contribution < -0.4 is 10.0 Å². The molecule has 0 aromatic heterocycles. The molecular weight excluding hydrogens is 286 g/mol. The molecular formula is C11H13N3O5S. The Morgan fingerprint density at radius 3 is 2.50 bits per heavy atom. The molecule has 1 aromatic carbocycles. The van der Waals surface area contributed by atoms with Crippen molar-refractivity contribution in [2.24, 2.45) is 5.18 Å². The maximum absolute atomic E-state index is 11.6. The first-order chi connectivity index (χ1) is 9.31. The Hall–Kier alpha value is -2.26. The van der Waals surface area contributed by atoms with E-state index in [-0.39, 0.29) is 10.6 Å². The zero-order valence-corrected chi connectivity index (χ0v) is 11.6. The molecule has 0 fully saturated rings. The summed E-state index contributed by atoms with van der Waals surface area (Å²) in [7, 11) is -2.39. The van der Waals surface area contributed by atoms with Crippen molar-refractivity contribution in [2.75, 3.05) is 12.4 Å². The van der Waals surface area contributed by atoms with Crippen LogP contribution in [0.4, 0.5) is 5.69 Å². The summed E-state index contributed by atoms with van der Waals surface area (Å²) >= 11 is 0. The van der Waals surface area contributed by atoms with Crippen LogP contribution in [0.5, 0.6) is 0 Å². The highest BCUT2D eigenvalue weighted by atomic mass is 32.2. The Morgan fingerprint density at radius 2 is 2.00 bits per heavy atom. The van der Waals surface area contributed by atoms with Crippen molar-refractivity contribution in [3.63, 3.8) is 0 Å². The molecule has 20 heavy (non-hydrogen) atoms. The first-order valence-corrected chi connectivity index (χ1v) is 6.88. The average Bonchev–Trinajstić information content (AvgIpc) is 2.39. The summed E-state index contributed by atoms with van der Waals surface area (Å²) in [6, 6.07) is 5.40. The number of hydrogen-bond donors (Lipinski definition) is 3. The topological polar surface area (TPSA) is 125 Å². The van der Waals surface area contributed by atoms with Crippen LogP contribution in [0.15, 0.2) is 45.8 Å². The van der Waals surface area contributed by atoms with Gasteiger partial charge in [0.15, 0.2) is 0 Å². The second-order valence-corrected chi connectivity index (χ2v) is 5.60. The third-order valence-electron chi connectivity index (χ3n) is 2.32. The molecule has 0 saturated carbocycles. The van der Waals surface area contributed by atoms with E-state index < -0.39 is 27.4 Å². The fourth-order valence-corrected chi connectivity index (χ4v) is 2.10. The van der Waals surface area contributed by atoms with Crippen molar-refractivity contribution in [3.8, 4) is 0 Å². The minimum Gasteiger partial charge on any atom is -0.510 e. The van der Waals surface area contributed by atoms with Gasteiger partial charge < -0.3 is 10.4 Å². The van der Waals surface area contributed by atoms with Gasteiger partial charge in [-0.1, -0.05) is 6.07 Å². The Bertz CT molecular complexity index is 662.